The first-order valence-corrected chi connectivity index (χ1v) is 22.0. The van der Waals surface area contributed by atoms with E-state index in [1.54, 1.807) is 0 Å². The average Bonchev–Trinajstić information content (AvgIpc) is 3.08. The normalized spacial score (nSPS) is 25.4. The van der Waals surface area contributed by atoms with Crippen LogP contribution in [0.5, 0.6) is 0 Å². The van der Waals surface area contributed by atoms with E-state index >= 15 is 0 Å². The van der Waals surface area contributed by atoms with Crippen LogP contribution in [0.2, 0.25) is 0 Å². The SMILES string of the molecule is CCCCCC(CCCCC)CCOC(=O)CCC12CC3CC(CCC=O)(C1)CC(CCC(=O)OCCC(CCCCC)CCCCC)(C3)C2. The van der Waals surface area contributed by atoms with Crippen LogP contribution in [0, 0.1) is 34.0 Å². The van der Waals surface area contributed by atoms with Crippen LogP contribution in [0.4, 0.5) is 0 Å². The van der Waals surface area contributed by atoms with Gasteiger partial charge in [-0.25, -0.2) is 0 Å². The van der Waals surface area contributed by atoms with Crippen LogP contribution in [0.25, 0.3) is 0 Å². The summed E-state index contributed by atoms with van der Waals surface area (Å²) in [4.78, 5) is 37.9. The highest BCUT2D eigenvalue weighted by molar-refractivity contribution is 5.69. The van der Waals surface area contributed by atoms with Crippen molar-refractivity contribution in [2.24, 2.45) is 34.0 Å². The molecule has 5 heteroatoms. The summed E-state index contributed by atoms with van der Waals surface area (Å²) in [5, 5.41) is 0. The van der Waals surface area contributed by atoms with Gasteiger partial charge in [0.2, 0.25) is 0 Å². The Kier molecular flexibility index (Phi) is 20.1. The van der Waals surface area contributed by atoms with Crippen molar-refractivity contribution in [2.45, 2.75) is 220 Å². The first kappa shape index (κ1) is 43.0. The first-order valence-electron chi connectivity index (χ1n) is 22.0. The molecular formula is C45H80O5. The van der Waals surface area contributed by atoms with E-state index in [4.69, 9.17) is 9.47 Å². The Labute approximate surface area is 308 Å². The lowest BCUT2D eigenvalue weighted by atomic mass is 9.37. The maximum atomic E-state index is 13.2. The number of unbranched alkanes of at least 4 members (excludes halogenated alkanes) is 8. The van der Waals surface area contributed by atoms with Gasteiger partial charge in [-0.3, -0.25) is 9.59 Å². The summed E-state index contributed by atoms with van der Waals surface area (Å²) in [6, 6.07) is 0. The van der Waals surface area contributed by atoms with Gasteiger partial charge in [-0.05, 0) is 105 Å². The van der Waals surface area contributed by atoms with E-state index in [0.29, 0.717) is 50.2 Å². The van der Waals surface area contributed by atoms with Crippen molar-refractivity contribution in [2.75, 3.05) is 13.2 Å². The van der Waals surface area contributed by atoms with Crippen molar-refractivity contribution < 1.29 is 23.9 Å². The minimum Gasteiger partial charge on any atom is -0.466 e. The zero-order chi connectivity index (χ0) is 36.1. The van der Waals surface area contributed by atoms with Crippen molar-refractivity contribution in [3.63, 3.8) is 0 Å². The highest BCUT2D eigenvalue weighted by Gasteiger charge is 2.62. The van der Waals surface area contributed by atoms with Gasteiger partial charge in [0, 0.05) is 19.3 Å². The third-order valence-corrected chi connectivity index (χ3v) is 13.4. The molecule has 0 aromatic rings. The molecule has 0 aromatic heterocycles. The van der Waals surface area contributed by atoms with Gasteiger partial charge in [0.25, 0.3) is 0 Å². The fraction of sp³-hybridized carbons (Fsp3) is 0.933. The topological polar surface area (TPSA) is 69.7 Å². The van der Waals surface area contributed by atoms with Crippen molar-refractivity contribution in [3.05, 3.63) is 0 Å². The molecule has 4 aliphatic carbocycles. The zero-order valence-corrected chi connectivity index (χ0v) is 33.5. The molecule has 0 N–H and O–H groups in total. The van der Waals surface area contributed by atoms with Crippen LogP contribution in [0.3, 0.4) is 0 Å². The molecule has 2 unspecified atom stereocenters. The number of aldehydes is 1. The Morgan fingerprint density at radius 2 is 0.920 bits per heavy atom. The molecular weight excluding hydrogens is 620 g/mol. The number of carbonyl (C=O) groups is 3. The number of ether oxygens (including phenoxy) is 2. The second-order valence-electron chi connectivity index (χ2n) is 17.9. The van der Waals surface area contributed by atoms with Crippen LogP contribution in [-0.2, 0) is 23.9 Å². The Morgan fingerprint density at radius 3 is 1.26 bits per heavy atom. The smallest absolute Gasteiger partial charge is 0.305 e. The van der Waals surface area contributed by atoms with E-state index in [9.17, 15) is 14.4 Å². The number of rotatable bonds is 31. The molecule has 4 rings (SSSR count). The van der Waals surface area contributed by atoms with Crippen molar-refractivity contribution in [3.8, 4) is 0 Å². The Morgan fingerprint density at radius 1 is 0.560 bits per heavy atom. The van der Waals surface area contributed by atoms with Gasteiger partial charge in [0.1, 0.15) is 6.29 Å². The fourth-order valence-electron chi connectivity index (χ4n) is 11.4. The third kappa shape index (κ3) is 14.9. The van der Waals surface area contributed by atoms with Crippen molar-refractivity contribution in [1.82, 2.24) is 0 Å². The van der Waals surface area contributed by atoms with Crippen LogP contribution in [0.1, 0.15) is 220 Å². The minimum atomic E-state index is -0.0242. The van der Waals surface area contributed by atoms with E-state index in [1.165, 1.54) is 122 Å². The number of hydrogen-bond donors (Lipinski definition) is 0. The van der Waals surface area contributed by atoms with Gasteiger partial charge in [0.15, 0.2) is 0 Å². The van der Waals surface area contributed by atoms with E-state index in [-0.39, 0.29) is 28.2 Å². The molecule has 0 heterocycles. The van der Waals surface area contributed by atoms with Crippen LogP contribution < -0.4 is 0 Å². The number of carbonyl (C=O) groups excluding carboxylic acids is 3. The lowest BCUT2D eigenvalue weighted by Crippen LogP contribution is -2.57. The summed E-state index contributed by atoms with van der Waals surface area (Å²) >= 11 is 0. The summed E-state index contributed by atoms with van der Waals surface area (Å²) < 4.78 is 11.8. The highest BCUT2D eigenvalue weighted by atomic mass is 16.5. The van der Waals surface area contributed by atoms with Gasteiger partial charge in [-0.2, -0.15) is 0 Å². The fourth-order valence-corrected chi connectivity index (χ4v) is 11.4. The molecule has 0 radical (unpaired) electrons. The van der Waals surface area contributed by atoms with E-state index in [1.807, 2.05) is 0 Å². The Balaban J connectivity index is 1.53. The second-order valence-corrected chi connectivity index (χ2v) is 17.9. The first-order chi connectivity index (χ1) is 24.2. The monoisotopic (exact) mass is 701 g/mol. The molecule has 4 fully saturated rings. The Bertz CT molecular complexity index is 877. The molecule has 0 aliphatic heterocycles. The maximum absolute atomic E-state index is 13.2. The summed E-state index contributed by atoms with van der Waals surface area (Å²) in [5.41, 5.74) is 0.457. The van der Waals surface area contributed by atoms with E-state index in [0.717, 1.165) is 57.7 Å². The van der Waals surface area contributed by atoms with E-state index in [2.05, 4.69) is 27.7 Å². The van der Waals surface area contributed by atoms with Crippen molar-refractivity contribution >= 4 is 18.2 Å². The predicted molar refractivity (Wildman–Crippen MR) is 207 cm³/mol. The summed E-state index contributed by atoms with van der Waals surface area (Å²) in [7, 11) is 0. The molecule has 2 atom stereocenters. The largest absolute Gasteiger partial charge is 0.466 e. The lowest BCUT2D eigenvalue weighted by Gasteiger charge is -2.67. The van der Waals surface area contributed by atoms with Gasteiger partial charge in [-0.15, -0.1) is 0 Å². The third-order valence-electron chi connectivity index (χ3n) is 13.4. The molecule has 0 spiro atoms. The van der Waals surface area contributed by atoms with Gasteiger partial charge in [-0.1, -0.05) is 130 Å². The molecule has 0 saturated heterocycles. The number of hydrogen-bond acceptors (Lipinski definition) is 5. The van der Waals surface area contributed by atoms with Gasteiger partial charge < -0.3 is 14.3 Å². The molecule has 5 nitrogen and oxygen atoms in total. The number of esters is 2. The maximum Gasteiger partial charge on any atom is 0.305 e. The average molecular weight is 701 g/mol. The molecule has 0 amide bonds. The van der Waals surface area contributed by atoms with E-state index < -0.39 is 0 Å². The van der Waals surface area contributed by atoms with Crippen LogP contribution in [0.15, 0.2) is 0 Å². The molecule has 4 saturated carbocycles. The highest BCUT2D eigenvalue weighted by Crippen LogP contribution is 2.73. The molecule has 290 valence electrons. The summed E-state index contributed by atoms with van der Waals surface area (Å²) in [6.45, 7) is 10.2. The minimum absolute atomic E-state index is 0.0242. The molecule has 0 aromatic carbocycles. The lowest BCUT2D eigenvalue weighted by molar-refractivity contribution is -0.175. The summed E-state index contributed by atoms with van der Waals surface area (Å²) in [5.74, 6) is 1.94. The molecule has 4 aliphatic rings. The Hall–Kier alpha value is -1.39. The van der Waals surface area contributed by atoms with Gasteiger partial charge >= 0.3 is 11.9 Å². The molecule has 4 bridgehead atoms. The van der Waals surface area contributed by atoms with Crippen molar-refractivity contribution in [1.29, 1.82) is 0 Å². The predicted octanol–water partition coefficient (Wildman–Crippen LogP) is 12.9. The van der Waals surface area contributed by atoms with Gasteiger partial charge in [0.05, 0.1) is 13.2 Å². The second kappa shape index (κ2) is 23.3. The standard InChI is InChI=1S/C45H80O5/c1-5-9-13-18-38(19-14-10-6-2)24-30-49-41(47)22-27-44-33-40-32-43(35-44,26-17-29-46)36-45(34-40,37-44)28-23-42(48)50-31-25-39(20-15-11-7-3)21-16-12-8-4/h29,38-40H,5-28,30-37H2,1-4H3. The quantitative estimate of drug-likeness (QED) is 0.0409. The molecule has 50 heavy (non-hydrogen) atoms. The van der Waals surface area contributed by atoms with Crippen LogP contribution >= 0.6 is 0 Å². The zero-order valence-electron chi connectivity index (χ0n) is 33.5. The van der Waals surface area contributed by atoms with Crippen LogP contribution in [-0.4, -0.2) is 31.4 Å². The summed E-state index contributed by atoms with van der Waals surface area (Å²) in [6.07, 6.45) is 34.8.